The van der Waals surface area contributed by atoms with E-state index in [1.54, 1.807) is 0 Å². The van der Waals surface area contributed by atoms with E-state index in [-0.39, 0.29) is 0 Å². The monoisotopic (exact) mass is 615 g/mol. The van der Waals surface area contributed by atoms with Gasteiger partial charge in [-0.3, -0.25) is 0 Å². The summed E-state index contributed by atoms with van der Waals surface area (Å²) >= 11 is 3.55. The van der Waals surface area contributed by atoms with Crippen molar-refractivity contribution in [1.29, 1.82) is 0 Å². The summed E-state index contributed by atoms with van der Waals surface area (Å²) < 4.78 is 7.42. The Hall–Kier alpha value is -5.12. The van der Waals surface area contributed by atoms with Gasteiger partial charge < -0.3 is 9.32 Å². The van der Waals surface area contributed by atoms with E-state index in [0.29, 0.717) is 0 Å². The van der Waals surface area contributed by atoms with Gasteiger partial charge in [0.15, 0.2) is 0 Å². The average Bonchev–Trinajstić information content (AvgIpc) is 3.45. The van der Waals surface area contributed by atoms with E-state index in [1.165, 1.54) is 21.9 Å². The number of hydrogen-bond donors (Lipinski definition) is 0. The summed E-state index contributed by atoms with van der Waals surface area (Å²) in [6.45, 7) is 0. The number of rotatable bonds is 5. The van der Waals surface area contributed by atoms with Gasteiger partial charge in [-0.1, -0.05) is 125 Å². The Morgan fingerprint density at radius 3 is 1.74 bits per heavy atom. The van der Waals surface area contributed by atoms with Gasteiger partial charge in [0.05, 0.1) is 5.69 Å². The fourth-order valence-electron chi connectivity index (χ4n) is 6.04. The Labute approximate surface area is 258 Å². The van der Waals surface area contributed by atoms with Gasteiger partial charge >= 0.3 is 0 Å². The third-order valence-electron chi connectivity index (χ3n) is 8.15. The summed E-state index contributed by atoms with van der Waals surface area (Å²) in [4.78, 5) is 2.35. The van der Waals surface area contributed by atoms with Crippen LogP contribution >= 0.6 is 15.9 Å². The minimum atomic E-state index is 0.912. The molecule has 8 rings (SSSR count). The van der Waals surface area contributed by atoms with Crippen molar-refractivity contribution < 1.29 is 4.42 Å². The molecular weight excluding hydrogens is 590 g/mol. The summed E-state index contributed by atoms with van der Waals surface area (Å²) in [6.07, 6.45) is 0. The molecule has 0 spiro atoms. The van der Waals surface area contributed by atoms with Gasteiger partial charge in [0.25, 0.3) is 0 Å². The second kappa shape index (κ2) is 10.6. The lowest BCUT2D eigenvalue weighted by atomic mass is 10.0. The van der Waals surface area contributed by atoms with Gasteiger partial charge in [0.2, 0.25) is 0 Å². The maximum absolute atomic E-state index is 6.34. The highest BCUT2D eigenvalue weighted by Crippen LogP contribution is 2.41. The molecule has 0 bridgehead atoms. The number of benzene rings is 7. The number of furan rings is 1. The number of halogens is 1. The van der Waals surface area contributed by atoms with Crippen molar-refractivity contribution in [2.24, 2.45) is 0 Å². The Bertz CT molecular complexity index is 2220. The van der Waals surface area contributed by atoms with Gasteiger partial charge in [-0.15, -0.1) is 0 Å². The van der Waals surface area contributed by atoms with E-state index in [4.69, 9.17) is 4.42 Å². The second-order valence-electron chi connectivity index (χ2n) is 10.7. The van der Waals surface area contributed by atoms with Crippen LogP contribution in [0.4, 0.5) is 17.1 Å². The highest BCUT2D eigenvalue weighted by molar-refractivity contribution is 9.10. The molecule has 0 aliphatic heterocycles. The molecule has 0 saturated heterocycles. The van der Waals surface area contributed by atoms with E-state index in [2.05, 4.69) is 166 Å². The summed E-state index contributed by atoms with van der Waals surface area (Å²) in [5.74, 6) is 0. The molecule has 0 amide bonds. The van der Waals surface area contributed by atoms with Gasteiger partial charge in [0, 0.05) is 37.6 Å². The molecule has 0 radical (unpaired) electrons. The van der Waals surface area contributed by atoms with Crippen LogP contribution in [0, 0.1) is 0 Å². The van der Waals surface area contributed by atoms with Gasteiger partial charge in [-0.2, -0.15) is 0 Å². The molecule has 8 aromatic rings. The SMILES string of the molecule is Brc1ccc(-c2ccc(N(c3ccc(-c4cccc5c4oc4ccccc45)cc3)c3cccc4ccccc34)cc2)cc1. The topological polar surface area (TPSA) is 16.4 Å². The molecule has 0 aliphatic rings. The first-order valence-electron chi connectivity index (χ1n) is 14.4. The van der Waals surface area contributed by atoms with E-state index < -0.39 is 0 Å². The number of nitrogens with zero attached hydrogens (tertiary/aromatic N) is 1. The largest absolute Gasteiger partial charge is 0.455 e. The van der Waals surface area contributed by atoms with E-state index in [9.17, 15) is 0 Å². The Kier molecular flexibility index (Phi) is 6.31. The molecule has 0 fully saturated rings. The summed E-state index contributed by atoms with van der Waals surface area (Å²) in [5, 5.41) is 4.70. The Morgan fingerprint density at radius 1 is 0.442 bits per heavy atom. The quantitative estimate of drug-likeness (QED) is 0.191. The molecule has 204 valence electrons. The first kappa shape index (κ1) is 25.6. The van der Waals surface area contributed by atoms with Crippen LogP contribution in [-0.2, 0) is 0 Å². The van der Waals surface area contributed by atoms with Crippen molar-refractivity contribution in [2.75, 3.05) is 4.90 Å². The number of para-hydroxylation sites is 2. The zero-order valence-corrected chi connectivity index (χ0v) is 24.8. The molecule has 1 aromatic heterocycles. The van der Waals surface area contributed by atoms with Crippen LogP contribution in [0.3, 0.4) is 0 Å². The third-order valence-corrected chi connectivity index (χ3v) is 8.68. The molecule has 43 heavy (non-hydrogen) atoms. The summed E-state index contributed by atoms with van der Waals surface area (Å²) in [6, 6.07) is 55.8. The predicted octanol–water partition coefficient (Wildman–Crippen LogP) is 12.3. The molecule has 0 unspecified atom stereocenters. The van der Waals surface area contributed by atoms with Crippen LogP contribution in [0.15, 0.2) is 167 Å². The maximum atomic E-state index is 6.34. The fourth-order valence-corrected chi connectivity index (χ4v) is 6.30. The molecule has 7 aromatic carbocycles. The van der Waals surface area contributed by atoms with Crippen molar-refractivity contribution in [3.8, 4) is 22.3 Å². The zero-order chi connectivity index (χ0) is 28.8. The standard InChI is InChI=1S/C40H26BrNO/c41-31-21-15-27(16-22-31)28-17-23-32(24-18-28)42(38-13-5-8-29-7-1-2-9-34(29)38)33-25-19-30(20-26-33)35-11-6-12-37-36-10-3-4-14-39(36)43-40(35)37/h1-26H. The highest BCUT2D eigenvalue weighted by Gasteiger charge is 2.17. The van der Waals surface area contributed by atoms with Crippen LogP contribution in [0.5, 0.6) is 0 Å². The first-order valence-corrected chi connectivity index (χ1v) is 15.2. The van der Waals surface area contributed by atoms with Crippen molar-refractivity contribution in [3.63, 3.8) is 0 Å². The number of hydrogen-bond acceptors (Lipinski definition) is 2. The van der Waals surface area contributed by atoms with Gasteiger partial charge in [-0.25, -0.2) is 0 Å². The highest BCUT2D eigenvalue weighted by atomic mass is 79.9. The van der Waals surface area contributed by atoms with Gasteiger partial charge in [-0.05, 0) is 70.6 Å². The lowest BCUT2D eigenvalue weighted by Crippen LogP contribution is -2.10. The Balaban J connectivity index is 1.24. The maximum Gasteiger partial charge on any atom is 0.143 e. The zero-order valence-electron chi connectivity index (χ0n) is 23.2. The van der Waals surface area contributed by atoms with Crippen LogP contribution in [0.1, 0.15) is 0 Å². The summed E-state index contributed by atoms with van der Waals surface area (Å²) in [5.41, 5.74) is 9.76. The van der Waals surface area contributed by atoms with Crippen LogP contribution in [0.2, 0.25) is 0 Å². The van der Waals surface area contributed by atoms with E-state index >= 15 is 0 Å². The Morgan fingerprint density at radius 2 is 1.00 bits per heavy atom. The molecule has 2 nitrogen and oxygen atoms in total. The van der Waals surface area contributed by atoms with Crippen molar-refractivity contribution in [3.05, 3.63) is 162 Å². The molecule has 1 heterocycles. The van der Waals surface area contributed by atoms with Crippen molar-refractivity contribution >= 4 is 65.7 Å². The van der Waals surface area contributed by atoms with E-state index in [0.717, 1.165) is 54.6 Å². The predicted molar refractivity (Wildman–Crippen MR) is 184 cm³/mol. The van der Waals surface area contributed by atoms with E-state index in [1.807, 2.05) is 12.1 Å². The normalized spacial score (nSPS) is 11.4. The molecule has 0 saturated carbocycles. The molecule has 0 atom stereocenters. The lowest BCUT2D eigenvalue weighted by Gasteiger charge is -2.27. The number of anilines is 3. The third kappa shape index (κ3) is 4.59. The van der Waals surface area contributed by atoms with Gasteiger partial charge in [0.1, 0.15) is 11.2 Å². The van der Waals surface area contributed by atoms with Crippen LogP contribution in [-0.4, -0.2) is 0 Å². The summed E-state index contributed by atoms with van der Waals surface area (Å²) in [7, 11) is 0. The average molecular weight is 617 g/mol. The lowest BCUT2D eigenvalue weighted by molar-refractivity contribution is 0.670. The van der Waals surface area contributed by atoms with Crippen LogP contribution < -0.4 is 4.90 Å². The van der Waals surface area contributed by atoms with Crippen molar-refractivity contribution in [2.45, 2.75) is 0 Å². The smallest absolute Gasteiger partial charge is 0.143 e. The van der Waals surface area contributed by atoms with Crippen LogP contribution in [0.25, 0.3) is 55.0 Å². The molecule has 3 heteroatoms. The first-order chi connectivity index (χ1) is 21.2. The fraction of sp³-hybridized carbons (Fsp3) is 0. The minimum absolute atomic E-state index is 0.912. The van der Waals surface area contributed by atoms with Crippen molar-refractivity contribution in [1.82, 2.24) is 0 Å². The molecular formula is C40H26BrNO. The second-order valence-corrected chi connectivity index (χ2v) is 11.6. The number of fused-ring (bicyclic) bond motifs is 4. The minimum Gasteiger partial charge on any atom is -0.455 e. The molecule has 0 N–H and O–H groups in total. The molecule has 0 aliphatic carbocycles.